The van der Waals surface area contributed by atoms with E-state index in [0.29, 0.717) is 5.25 Å². The Morgan fingerprint density at radius 2 is 1.30 bits per heavy atom. The molecule has 0 aromatic carbocycles. The Bertz CT molecular complexity index is 72.5. The molecule has 0 heterocycles. The molecule has 0 atom stereocenters. The van der Waals surface area contributed by atoms with Crippen molar-refractivity contribution < 1.29 is 20.3 Å². The van der Waals surface area contributed by atoms with Crippen LogP contribution in [-0.2, 0) is 0 Å². The third-order valence-corrected chi connectivity index (χ3v) is 2.59. The molecular formula is C8H17LiS. The SMILES string of the molecule is SC1CCCCCCC1.[H-].[Li+]. The molecule has 0 unspecified atom stereocenters. The minimum atomic E-state index is 0. The van der Waals surface area contributed by atoms with Crippen LogP contribution in [0.5, 0.6) is 0 Å². The average molecular weight is 152 g/mol. The second-order valence-corrected chi connectivity index (χ2v) is 3.73. The van der Waals surface area contributed by atoms with Gasteiger partial charge in [0, 0.05) is 5.25 Å². The standard InChI is InChI=1S/C8H16S.Li.H/c9-8-6-4-2-1-3-5-7-8;;/h8-9H,1-7H2;;/q;+1;-1. The molecule has 1 fully saturated rings. The van der Waals surface area contributed by atoms with Gasteiger partial charge >= 0.3 is 18.9 Å². The maximum atomic E-state index is 4.48. The van der Waals surface area contributed by atoms with E-state index >= 15 is 0 Å². The molecular weight excluding hydrogens is 135 g/mol. The van der Waals surface area contributed by atoms with Gasteiger partial charge in [-0.3, -0.25) is 0 Å². The van der Waals surface area contributed by atoms with Crippen molar-refractivity contribution in [1.29, 1.82) is 0 Å². The quantitative estimate of drug-likeness (QED) is 0.370. The van der Waals surface area contributed by atoms with E-state index in [-0.39, 0.29) is 20.3 Å². The summed E-state index contributed by atoms with van der Waals surface area (Å²) in [6.45, 7) is 0. The maximum Gasteiger partial charge on any atom is 1.00 e. The fourth-order valence-corrected chi connectivity index (χ4v) is 1.80. The summed E-state index contributed by atoms with van der Waals surface area (Å²) in [7, 11) is 0. The Hall–Kier alpha value is 0.947. The number of hydrogen-bond acceptors (Lipinski definition) is 1. The van der Waals surface area contributed by atoms with Crippen LogP contribution in [0.3, 0.4) is 0 Å². The van der Waals surface area contributed by atoms with E-state index in [4.69, 9.17) is 0 Å². The van der Waals surface area contributed by atoms with Crippen molar-refractivity contribution in [3.63, 3.8) is 0 Å². The molecule has 0 nitrogen and oxygen atoms in total. The predicted octanol–water partition coefficient (Wildman–Crippen LogP) is 0.146. The molecule has 0 bridgehead atoms. The van der Waals surface area contributed by atoms with Gasteiger partial charge in [-0.05, 0) is 12.8 Å². The number of hydrogen-bond donors (Lipinski definition) is 1. The van der Waals surface area contributed by atoms with Gasteiger partial charge in [-0.1, -0.05) is 32.1 Å². The van der Waals surface area contributed by atoms with Crippen molar-refractivity contribution in [2.24, 2.45) is 0 Å². The first-order valence-corrected chi connectivity index (χ1v) is 4.59. The maximum absolute atomic E-state index is 4.48. The van der Waals surface area contributed by atoms with E-state index in [0.717, 1.165) is 0 Å². The van der Waals surface area contributed by atoms with Crippen LogP contribution in [0.4, 0.5) is 0 Å². The van der Waals surface area contributed by atoms with E-state index in [1.807, 2.05) is 0 Å². The second-order valence-electron chi connectivity index (χ2n) is 3.00. The van der Waals surface area contributed by atoms with Crippen LogP contribution < -0.4 is 18.9 Å². The van der Waals surface area contributed by atoms with Crippen LogP contribution in [0.25, 0.3) is 0 Å². The van der Waals surface area contributed by atoms with Crippen molar-refractivity contribution in [2.45, 2.75) is 50.2 Å². The zero-order chi connectivity index (χ0) is 6.53. The molecule has 1 aliphatic carbocycles. The van der Waals surface area contributed by atoms with Gasteiger partial charge in [-0.15, -0.1) is 0 Å². The van der Waals surface area contributed by atoms with Gasteiger partial charge in [0.05, 0.1) is 0 Å². The molecule has 0 saturated heterocycles. The van der Waals surface area contributed by atoms with E-state index in [9.17, 15) is 0 Å². The Labute approximate surface area is 83.2 Å². The molecule has 0 aliphatic heterocycles. The van der Waals surface area contributed by atoms with Crippen LogP contribution in [0.15, 0.2) is 0 Å². The van der Waals surface area contributed by atoms with E-state index in [1.54, 1.807) is 0 Å². The molecule has 1 saturated carbocycles. The summed E-state index contributed by atoms with van der Waals surface area (Å²) in [4.78, 5) is 0. The van der Waals surface area contributed by atoms with Gasteiger partial charge in [0.25, 0.3) is 0 Å². The number of rotatable bonds is 0. The Morgan fingerprint density at radius 1 is 0.900 bits per heavy atom. The van der Waals surface area contributed by atoms with Crippen LogP contribution in [0.2, 0.25) is 0 Å². The van der Waals surface area contributed by atoms with Gasteiger partial charge in [0.1, 0.15) is 0 Å². The molecule has 0 aromatic rings. The van der Waals surface area contributed by atoms with Crippen molar-refractivity contribution in [3.05, 3.63) is 0 Å². The molecule has 0 spiro atoms. The van der Waals surface area contributed by atoms with Gasteiger partial charge in [-0.2, -0.15) is 12.6 Å². The first-order valence-electron chi connectivity index (χ1n) is 4.07. The topological polar surface area (TPSA) is 0 Å². The molecule has 0 amide bonds. The van der Waals surface area contributed by atoms with Gasteiger partial charge < -0.3 is 1.43 Å². The van der Waals surface area contributed by atoms with Crippen molar-refractivity contribution in [1.82, 2.24) is 0 Å². The van der Waals surface area contributed by atoms with Gasteiger partial charge in [-0.25, -0.2) is 0 Å². The molecule has 56 valence electrons. The minimum Gasteiger partial charge on any atom is -1.00 e. The van der Waals surface area contributed by atoms with Crippen molar-refractivity contribution in [2.75, 3.05) is 0 Å². The van der Waals surface area contributed by atoms with E-state index in [1.165, 1.54) is 44.9 Å². The van der Waals surface area contributed by atoms with Gasteiger partial charge in [0.2, 0.25) is 0 Å². The Balaban J connectivity index is 0. The molecule has 0 radical (unpaired) electrons. The summed E-state index contributed by atoms with van der Waals surface area (Å²) in [5.41, 5.74) is 0. The summed E-state index contributed by atoms with van der Waals surface area (Å²) in [5.74, 6) is 0. The fourth-order valence-electron chi connectivity index (χ4n) is 1.43. The molecule has 1 rings (SSSR count). The predicted molar refractivity (Wildman–Crippen MR) is 46.2 cm³/mol. The number of thiol groups is 1. The first kappa shape index (κ1) is 10.9. The zero-order valence-corrected chi connectivity index (χ0v) is 7.87. The summed E-state index contributed by atoms with van der Waals surface area (Å²) in [6.07, 6.45) is 9.86. The third-order valence-electron chi connectivity index (χ3n) is 2.07. The fraction of sp³-hybridized carbons (Fsp3) is 1.00. The smallest absolute Gasteiger partial charge is 1.00 e. The van der Waals surface area contributed by atoms with Crippen molar-refractivity contribution >= 4 is 12.6 Å². The zero-order valence-electron chi connectivity index (χ0n) is 7.97. The van der Waals surface area contributed by atoms with Crippen molar-refractivity contribution in [3.8, 4) is 0 Å². The van der Waals surface area contributed by atoms with Crippen LogP contribution in [0.1, 0.15) is 46.4 Å². The summed E-state index contributed by atoms with van der Waals surface area (Å²) in [5, 5.41) is 0.713. The molecule has 10 heavy (non-hydrogen) atoms. The Kier molecular flexibility index (Phi) is 7.27. The Morgan fingerprint density at radius 3 is 1.80 bits per heavy atom. The minimum absolute atomic E-state index is 0. The van der Waals surface area contributed by atoms with Crippen LogP contribution >= 0.6 is 12.6 Å². The van der Waals surface area contributed by atoms with Crippen LogP contribution in [0, 0.1) is 0 Å². The van der Waals surface area contributed by atoms with E-state index < -0.39 is 0 Å². The molecule has 0 aromatic heterocycles. The monoisotopic (exact) mass is 152 g/mol. The summed E-state index contributed by atoms with van der Waals surface area (Å²) < 4.78 is 0. The summed E-state index contributed by atoms with van der Waals surface area (Å²) >= 11 is 4.48. The van der Waals surface area contributed by atoms with Gasteiger partial charge in [0.15, 0.2) is 0 Å². The molecule has 0 N–H and O–H groups in total. The van der Waals surface area contributed by atoms with Crippen LogP contribution in [-0.4, -0.2) is 5.25 Å². The summed E-state index contributed by atoms with van der Waals surface area (Å²) in [6, 6.07) is 0. The largest absolute Gasteiger partial charge is 1.00 e. The first-order chi connectivity index (χ1) is 4.39. The second kappa shape index (κ2) is 6.64. The molecule has 1 aliphatic rings. The third kappa shape index (κ3) is 4.72. The molecule has 2 heteroatoms. The average Bonchev–Trinajstić information content (AvgIpc) is 1.79. The normalized spacial score (nSPS) is 22.5. The van der Waals surface area contributed by atoms with E-state index in [2.05, 4.69) is 12.6 Å².